The van der Waals surface area contributed by atoms with Crippen LogP contribution in [0.25, 0.3) is 6.08 Å². The maximum atomic E-state index is 12.8. The number of halogens is 1. The number of carbonyl (C=O) groups is 3. The minimum absolute atomic E-state index is 0.193. The van der Waals surface area contributed by atoms with Gasteiger partial charge in [-0.25, -0.2) is 0 Å². The van der Waals surface area contributed by atoms with Crippen molar-refractivity contribution < 1.29 is 23.9 Å². The molecule has 0 unspecified atom stereocenters. The predicted molar refractivity (Wildman–Crippen MR) is 115 cm³/mol. The van der Waals surface area contributed by atoms with Crippen LogP contribution in [-0.2, 0) is 16.1 Å². The van der Waals surface area contributed by atoms with Crippen LogP contribution in [0, 0.1) is 0 Å². The molecule has 6 nitrogen and oxygen atoms in total. The van der Waals surface area contributed by atoms with E-state index in [-0.39, 0.29) is 17.7 Å². The van der Waals surface area contributed by atoms with E-state index in [0.29, 0.717) is 28.6 Å². The molecule has 1 heterocycles. The average Bonchev–Trinajstić information content (AvgIpc) is 2.93. The first-order chi connectivity index (χ1) is 13.9. The molecule has 0 atom stereocenters. The van der Waals surface area contributed by atoms with Crippen LogP contribution in [0.5, 0.6) is 11.5 Å². The molecule has 0 radical (unpaired) electrons. The lowest BCUT2D eigenvalue weighted by Gasteiger charge is -2.13. The summed E-state index contributed by atoms with van der Waals surface area (Å²) in [4.78, 5) is 37.9. The van der Waals surface area contributed by atoms with Crippen LogP contribution in [0.4, 0.5) is 4.79 Å². The Bertz CT molecular complexity index is 1000. The largest absolute Gasteiger partial charge is 0.490 e. The van der Waals surface area contributed by atoms with Gasteiger partial charge >= 0.3 is 5.97 Å². The van der Waals surface area contributed by atoms with Crippen molar-refractivity contribution in [2.45, 2.75) is 20.4 Å². The fourth-order valence-electron chi connectivity index (χ4n) is 2.71. The fraction of sp³-hybridized carbons (Fsp3) is 0.190. The third-order valence-electron chi connectivity index (χ3n) is 3.98. The van der Waals surface area contributed by atoms with Crippen LogP contribution in [0.3, 0.4) is 0 Å². The van der Waals surface area contributed by atoms with E-state index in [9.17, 15) is 14.4 Å². The summed E-state index contributed by atoms with van der Waals surface area (Å²) < 4.78 is 11.5. The van der Waals surface area contributed by atoms with Gasteiger partial charge in [0.25, 0.3) is 11.1 Å². The van der Waals surface area contributed by atoms with E-state index in [1.165, 1.54) is 11.8 Å². The molecule has 1 fully saturated rings. The second kappa shape index (κ2) is 9.28. The molecule has 8 heteroatoms. The molecule has 0 spiro atoms. The van der Waals surface area contributed by atoms with Crippen LogP contribution < -0.4 is 9.47 Å². The lowest BCUT2D eigenvalue weighted by Crippen LogP contribution is -2.27. The highest BCUT2D eigenvalue weighted by Crippen LogP contribution is 2.36. The van der Waals surface area contributed by atoms with Crippen LogP contribution >= 0.6 is 27.7 Å². The fourth-order valence-corrected chi connectivity index (χ4v) is 3.95. The first kappa shape index (κ1) is 21.1. The van der Waals surface area contributed by atoms with Crippen LogP contribution in [-0.4, -0.2) is 28.6 Å². The molecule has 3 rings (SSSR count). The molecule has 1 aliphatic heterocycles. The van der Waals surface area contributed by atoms with Gasteiger partial charge in [-0.3, -0.25) is 19.3 Å². The lowest BCUT2D eigenvalue weighted by atomic mass is 10.1. The Morgan fingerprint density at radius 1 is 1.17 bits per heavy atom. The first-order valence-corrected chi connectivity index (χ1v) is 10.4. The number of hydrogen-bond acceptors (Lipinski definition) is 6. The summed E-state index contributed by atoms with van der Waals surface area (Å²) in [6.07, 6.45) is 1.63. The third-order valence-corrected chi connectivity index (χ3v) is 5.66. The lowest BCUT2D eigenvalue weighted by molar-refractivity contribution is -0.132. The molecule has 150 valence electrons. The van der Waals surface area contributed by atoms with Crippen molar-refractivity contribution in [3.05, 3.63) is 63.0 Å². The van der Waals surface area contributed by atoms with Gasteiger partial charge in [0.15, 0.2) is 11.5 Å². The summed E-state index contributed by atoms with van der Waals surface area (Å²) >= 11 is 4.33. The molecule has 1 saturated heterocycles. The number of carbonyl (C=O) groups excluding carboxylic acids is 3. The Morgan fingerprint density at radius 3 is 2.62 bits per heavy atom. The topological polar surface area (TPSA) is 72.9 Å². The van der Waals surface area contributed by atoms with Crippen molar-refractivity contribution in [2.75, 3.05) is 6.61 Å². The quantitative estimate of drug-likeness (QED) is 0.332. The zero-order valence-electron chi connectivity index (χ0n) is 15.8. The SMILES string of the molecule is CCOc1cc(/C=C2/SC(=O)N(Cc3ccccc3Br)C2=O)ccc1OC(C)=O. The van der Waals surface area contributed by atoms with Gasteiger partial charge in [0.2, 0.25) is 0 Å². The van der Waals surface area contributed by atoms with Gasteiger partial charge in [0.1, 0.15) is 0 Å². The number of rotatable bonds is 6. The number of esters is 1. The Balaban J connectivity index is 1.84. The van der Waals surface area contributed by atoms with E-state index in [1.54, 1.807) is 24.3 Å². The Kier molecular flexibility index (Phi) is 6.76. The molecular formula is C21H18BrNO5S. The van der Waals surface area contributed by atoms with Gasteiger partial charge in [0.05, 0.1) is 18.1 Å². The molecule has 0 saturated carbocycles. The van der Waals surface area contributed by atoms with Crippen LogP contribution in [0.15, 0.2) is 51.8 Å². The van der Waals surface area contributed by atoms with Gasteiger partial charge < -0.3 is 9.47 Å². The summed E-state index contributed by atoms with van der Waals surface area (Å²) in [5.41, 5.74) is 1.51. The van der Waals surface area contributed by atoms with Gasteiger partial charge in [-0.1, -0.05) is 40.2 Å². The average molecular weight is 476 g/mol. The number of imide groups is 1. The van der Waals surface area contributed by atoms with Gasteiger partial charge in [0, 0.05) is 11.4 Å². The summed E-state index contributed by atoms with van der Waals surface area (Å²) in [6, 6.07) is 12.4. The number of ether oxygens (including phenoxy) is 2. The van der Waals surface area contributed by atoms with Gasteiger partial charge in [-0.15, -0.1) is 0 Å². The van der Waals surface area contributed by atoms with Crippen molar-refractivity contribution in [3.63, 3.8) is 0 Å². The molecule has 2 aromatic rings. The van der Waals surface area contributed by atoms with E-state index in [2.05, 4.69) is 15.9 Å². The van der Waals surface area contributed by atoms with Crippen molar-refractivity contribution in [3.8, 4) is 11.5 Å². The summed E-state index contributed by atoms with van der Waals surface area (Å²) in [5, 5.41) is -0.321. The number of hydrogen-bond donors (Lipinski definition) is 0. The minimum atomic E-state index is -0.452. The van der Waals surface area contributed by atoms with Gasteiger partial charge in [-0.05, 0) is 54.1 Å². The first-order valence-electron chi connectivity index (χ1n) is 8.83. The number of amides is 2. The Hall–Kier alpha value is -2.58. The second-order valence-corrected chi connectivity index (χ2v) is 7.94. The van der Waals surface area contributed by atoms with Crippen LogP contribution in [0.1, 0.15) is 25.0 Å². The van der Waals surface area contributed by atoms with Crippen molar-refractivity contribution in [1.82, 2.24) is 4.90 Å². The van der Waals surface area contributed by atoms with Gasteiger partial charge in [-0.2, -0.15) is 0 Å². The van der Waals surface area contributed by atoms with Crippen molar-refractivity contribution >= 4 is 50.9 Å². The maximum absolute atomic E-state index is 12.8. The number of benzene rings is 2. The standard InChI is InChI=1S/C21H18BrNO5S/c1-3-27-18-10-14(8-9-17(18)28-13(2)24)11-19-20(25)23(21(26)29-19)12-15-6-4-5-7-16(15)22/h4-11H,3,12H2,1-2H3/b19-11+. The van der Waals surface area contributed by atoms with E-state index in [1.807, 2.05) is 31.2 Å². The predicted octanol–water partition coefficient (Wildman–Crippen LogP) is 5.01. The van der Waals surface area contributed by atoms with E-state index < -0.39 is 5.97 Å². The Morgan fingerprint density at radius 2 is 1.93 bits per heavy atom. The minimum Gasteiger partial charge on any atom is -0.490 e. The molecular weight excluding hydrogens is 458 g/mol. The maximum Gasteiger partial charge on any atom is 0.308 e. The second-order valence-electron chi connectivity index (χ2n) is 6.09. The summed E-state index contributed by atoms with van der Waals surface area (Å²) in [5.74, 6) is -0.105. The van der Waals surface area contributed by atoms with Crippen molar-refractivity contribution in [1.29, 1.82) is 0 Å². The highest BCUT2D eigenvalue weighted by Gasteiger charge is 2.35. The zero-order valence-corrected chi connectivity index (χ0v) is 18.2. The third kappa shape index (κ3) is 5.07. The summed E-state index contributed by atoms with van der Waals surface area (Å²) in [7, 11) is 0. The normalized spacial score (nSPS) is 15.1. The molecule has 0 aliphatic carbocycles. The number of nitrogens with zero attached hydrogens (tertiary/aromatic N) is 1. The smallest absolute Gasteiger partial charge is 0.308 e. The highest BCUT2D eigenvalue weighted by atomic mass is 79.9. The van der Waals surface area contributed by atoms with E-state index in [4.69, 9.17) is 9.47 Å². The molecule has 2 amide bonds. The zero-order chi connectivity index (χ0) is 21.0. The molecule has 1 aliphatic rings. The van der Waals surface area contributed by atoms with E-state index >= 15 is 0 Å². The monoisotopic (exact) mass is 475 g/mol. The molecule has 2 aromatic carbocycles. The number of thioether (sulfide) groups is 1. The molecule has 0 N–H and O–H groups in total. The molecule has 29 heavy (non-hydrogen) atoms. The van der Waals surface area contributed by atoms with Crippen LogP contribution in [0.2, 0.25) is 0 Å². The van der Waals surface area contributed by atoms with E-state index in [0.717, 1.165) is 21.8 Å². The molecule has 0 bridgehead atoms. The summed E-state index contributed by atoms with van der Waals surface area (Å²) in [6.45, 7) is 3.71. The highest BCUT2D eigenvalue weighted by molar-refractivity contribution is 9.10. The Labute approximate surface area is 181 Å². The molecule has 0 aromatic heterocycles. The van der Waals surface area contributed by atoms with Crippen molar-refractivity contribution in [2.24, 2.45) is 0 Å².